The lowest BCUT2D eigenvalue weighted by molar-refractivity contribution is -0.144. The van der Waals surface area contributed by atoms with Gasteiger partial charge in [0, 0.05) is 35.7 Å². The second-order valence-corrected chi connectivity index (χ2v) is 11.2. The van der Waals surface area contributed by atoms with Crippen LogP contribution >= 0.6 is 23.2 Å². The van der Waals surface area contributed by atoms with Gasteiger partial charge in [0.1, 0.15) is 11.2 Å². The van der Waals surface area contributed by atoms with Crippen LogP contribution in [-0.4, -0.2) is 35.8 Å². The van der Waals surface area contributed by atoms with Crippen LogP contribution in [-0.2, 0) is 26.2 Å². The monoisotopic (exact) mass is 548 g/mol. The summed E-state index contributed by atoms with van der Waals surface area (Å²) in [5.74, 6) is 1.83. The highest BCUT2D eigenvalue weighted by Gasteiger charge is 2.45. The van der Waals surface area contributed by atoms with Gasteiger partial charge in [0.05, 0.1) is 18.1 Å². The quantitative estimate of drug-likeness (QED) is 0.181. The van der Waals surface area contributed by atoms with Gasteiger partial charge in [-0.15, -0.1) is 0 Å². The fraction of sp³-hybridized carbons (Fsp3) is 0.355. The third kappa shape index (κ3) is 4.51. The van der Waals surface area contributed by atoms with Gasteiger partial charge in [-0.05, 0) is 84.7 Å². The van der Waals surface area contributed by atoms with Crippen LogP contribution < -0.4 is 0 Å². The van der Waals surface area contributed by atoms with Gasteiger partial charge in [0.25, 0.3) is 0 Å². The highest BCUT2D eigenvalue weighted by molar-refractivity contribution is 6.30. The van der Waals surface area contributed by atoms with Crippen molar-refractivity contribution in [2.45, 2.75) is 43.6 Å². The van der Waals surface area contributed by atoms with Crippen LogP contribution in [0.4, 0.5) is 0 Å². The first kappa shape index (κ1) is 25.4. The van der Waals surface area contributed by atoms with Crippen LogP contribution in [0.5, 0.6) is 0 Å². The predicted molar refractivity (Wildman–Crippen MR) is 150 cm³/mol. The Morgan fingerprint density at radius 1 is 0.921 bits per heavy atom. The number of carbonyl (C=O) groups is 1. The first-order valence-corrected chi connectivity index (χ1v) is 13.9. The molecule has 3 aromatic carbocycles. The van der Waals surface area contributed by atoms with E-state index in [1.165, 1.54) is 20.0 Å². The van der Waals surface area contributed by atoms with Crippen LogP contribution in [0.1, 0.15) is 54.1 Å². The number of esters is 1. The number of halogens is 2. The third-order valence-electron chi connectivity index (χ3n) is 7.98. The lowest BCUT2D eigenvalue weighted by Gasteiger charge is -2.33. The van der Waals surface area contributed by atoms with Gasteiger partial charge in [-0.25, -0.2) is 4.98 Å². The molecule has 2 heterocycles. The molecule has 0 amide bonds. The molecule has 1 saturated carbocycles. The Kier molecular flexibility index (Phi) is 6.93. The second kappa shape index (κ2) is 10.4. The number of nitrogens with zero attached hydrogens (tertiary/aromatic N) is 2. The van der Waals surface area contributed by atoms with Gasteiger partial charge >= 0.3 is 5.97 Å². The molecule has 0 spiro atoms. The van der Waals surface area contributed by atoms with E-state index in [1.807, 2.05) is 60.7 Å². The first-order valence-electron chi connectivity index (χ1n) is 13.2. The number of rotatable bonds is 7. The summed E-state index contributed by atoms with van der Waals surface area (Å²) in [6.07, 6.45) is 4.44. The molecule has 1 aromatic heterocycles. The van der Waals surface area contributed by atoms with E-state index in [0.29, 0.717) is 21.9 Å². The number of hydrogen-bond donors (Lipinski definition) is 0. The Bertz CT molecular complexity index is 1410. The summed E-state index contributed by atoms with van der Waals surface area (Å²) in [4.78, 5) is 19.0. The SMILES string of the molecule is COC(=O)C(c1ccc(Cl)cc1)(c1ccc(Cl)cc1)c1ccc2nc(C3CC3)n(CC3CCOCC3)c2c1. The summed E-state index contributed by atoms with van der Waals surface area (Å²) < 4.78 is 13.5. The van der Waals surface area contributed by atoms with Crippen LogP contribution in [0.3, 0.4) is 0 Å². The molecule has 7 heteroatoms. The van der Waals surface area contributed by atoms with E-state index < -0.39 is 5.41 Å². The topological polar surface area (TPSA) is 53.3 Å². The van der Waals surface area contributed by atoms with Crippen molar-refractivity contribution in [1.29, 1.82) is 0 Å². The van der Waals surface area contributed by atoms with Crippen molar-refractivity contribution in [2.24, 2.45) is 5.92 Å². The molecule has 0 unspecified atom stereocenters. The molecule has 2 aliphatic rings. The van der Waals surface area contributed by atoms with Crippen molar-refractivity contribution in [3.63, 3.8) is 0 Å². The van der Waals surface area contributed by atoms with Gasteiger partial charge in [-0.2, -0.15) is 0 Å². The average molecular weight is 549 g/mol. The fourth-order valence-electron chi connectivity index (χ4n) is 5.81. The Morgan fingerprint density at radius 3 is 2.05 bits per heavy atom. The molecule has 1 saturated heterocycles. The van der Waals surface area contributed by atoms with E-state index in [0.717, 1.165) is 66.1 Å². The number of aromatic nitrogens is 2. The van der Waals surface area contributed by atoms with Crippen molar-refractivity contribution < 1.29 is 14.3 Å². The van der Waals surface area contributed by atoms with Crippen molar-refractivity contribution in [2.75, 3.05) is 20.3 Å². The zero-order chi connectivity index (χ0) is 26.3. The van der Waals surface area contributed by atoms with Crippen LogP contribution in [0.25, 0.3) is 11.0 Å². The molecule has 0 bridgehead atoms. The Balaban J connectivity index is 1.58. The zero-order valence-corrected chi connectivity index (χ0v) is 22.8. The fourth-order valence-corrected chi connectivity index (χ4v) is 6.07. The minimum Gasteiger partial charge on any atom is -0.468 e. The lowest BCUT2D eigenvalue weighted by Crippen LogP contribution is -2.39. The Morgan fingerprint density at radius 2 is 1.50 bits per heavy atom. The molecule has 0 atom stereocenters. The summed E-state index contributed by atoms with van der Waals surface area (Å²) in [7, 11) is 1.43. The van der Waals surface area contributed by atoms with Gasteiger partial charge in [0.2, 0.25) is 0 Å². The van der Waals surface area contributed by atoms with E-state index in [9.17, 15) is 4.79 Å². The van der Waals surface area contributed by atoms with Crippen LogP contribution in [0.2, 0.25) is 10.0 Å². The normalized spacial score (nSPS) is 16.6. The molecule has 0 N–H and O–H groups in total. The number of hydrogen-bond acceptors (Lipinski definition) is 4. The smallest absolute Gasteiger partial charge is 0.325 e. The van der Waals surface area contributed by atoms with Crippen LogP contribution in [0.15, 0.2) is 66.7 Å². The van der Waals surface area contributed by atoms with E-state index in [-0.39, 0.29) is 5.97 Å². The van der Waals surface area contributed by atoms with E-state index in [4.69, 9.17) is 37.7 Å². The largest absolute Gasteiger partial charge is 0.468 e. The highest BCUT2D eigenvalue weighted by atomic mass is 35.5. The van der Waals surface area contributed by atoms with Crippen molar-refractivity contribution in [1.82, 2.24) is 9.55 Å². The predicted octanol–water partition coefficient (Wildman–Crippen LogP) is 7.15. The zero-order valence-electron chi connectivity index (χ0n) is 21.3. The highest BCUT2D eigenvalue weighted by Crippen LogP contribution is 2.44. The van der Waals surface area contributed by atoms with Gasteiger partial charge in [-0.3, -0.25) is 4.79 Å². The van der Waals surface area contributed by atoms with Gasteiger partial charge in [0.15, 0.2) is 0 Å². The number of carbonyl (C=O) groups excluding carboxylic acids is 1. The molecule has 1 aliphatic heterocycles. The van der Waals surface area contributed by atoms with Crippen molar-refractivity contribution in [3.05, 3.63) is 99.3 Å². The summed E-state index contributed by atoms with van der Waals surface area (Å²) in [5, 5.41) is 1.20. The maximum absolute atomic E-state index is 13.9. The number of benzene rings is 3. The van der Waals surface area contributed by atoms with E-state index >= 15 is 0 Å². The number of fused-ring (bicyclic) bond motifs is 1. The van der Waals surface area contributed by atoms with E-state index in [1.54, 1.807) is 0 Å². The van der Waals surface area contributed by atoms with Gasteiger partial charge < -0.3 is 14.0 Å². The molecule has 5 nitrogen and oxygen atoms in total. The average Bonchev–Trinajstić information content (AvgIpc) is 3.73. The summed E-state index contributed by atoms with van der Waals surface area (Å²) in [6.45, 7) is 2.52. The molecule has 196 valence electrons. The molecule has 1 aliphatic carbocycles. The molecule has 0 radical (unpaired) electrons. The molecule has 4 aromatic rings. The lowest BCUT2D eigenvalue weighted by atomic mass is 9.69. The van der Waals surface area contributed by atoms with Crippen molar-refractivity contribution in [3.8, 4) is 0 Å². The molecule has 6 rings (SSSR count). The Labute approximate surface area is 232 Å². The Hall–Kier alpha value is -2.86. The second-order valence-electron chi connectivity index (χ2n) is 10.4. The number of ether oxygens (including phenoxy) is 2. The number of imidazole rings is 1. The minimum atomic E-state index is -1.22. The first-order chi connectivity index (χ1) is 18.5. The molecule has 38 heavy (non-hydrogen) atoms. The van der Waals surface area contributed by atoms with Crippen molar-refractivity contribution >= 4 is 40.2 Å². The maximum Gasteiger partial charge on any atom is 0.325 e. The summed E-state index contributed by atoms with van der Waals surface area (Å²) >= 11 is 12.5. The number of methoxy groups -OCH3 is 1. The molecular weight excluding hydrogens is 519 g/mol. The van der Waals surface area contributed by atoms with Gasteiger partial charge in [-0.1, -0.05) is 53.5 Å². The summed E-state index contributed by atoms with van der Waals surface area (Å²) in [5.41, 5.74) is 3.14. The summed E-state index contributed by atoms with van der Waals surface area (Å²) in [6, 6.07) is 21.0. The molecule has 2 fully saturated rings. The minimum absolute atomic E-state index is 0.376. The molecular formula is C31H30Cl2N2O3. The third-order valence-corrected chi connectivity index (χ3v) is 8.48. The van der Waals surface area contributed by atoms with Crippen LogP contribution in [0, 0.1) is 5.92 Å². The maximum atomic E-state index is 13.9. The van der Waals surface area contributed by atoms with E-state index in [2.05, 4.69) is 10.6 Å². The standard InChI is InChI=1S/C31H30Cl2N2O3/c1-37-30(36)31(22-4-9-25(32)10-5-22,23-6-11-26(33)12-7-23)24-8-13-27-28(18-24)35(29(34-27)21-2-3-21)19-20-14-16-38-17-15-20/h4-13,18,20-21H,2-3,14-17,19H2,1H3.